The number of carbonyl (C=O) groups excluding carboxylic acids is 1. The number of hydrogen-bond donors (Lipinski definition) is 2. The number of amides is 1. The molecular formula is C15H15N3OS. The Kier molecular flexibility index (Phi) is 3.16. The van der Waals surface area contributed by atoms with Crippen molar-refractivity contribution in [1.82, 2.24) is 0 Å². The van der Waals surface area contributed by atoms with Gasteiger partial charge in [-0.1, -0.05) is 30.3 Å². The number of aliphatic imine (C=N–C) groups is 1. The van der Waals surface area contributed by atoms with Crippen LogP contribution in [0.1, 0.15) is 21.6 Å². The molecule has 102 valence electrons. The van der Waals surface area contributed by atoms with Crippen molar-refractivity contribution in [3.8, 4) is 0 Å². The molecular weight excluding hydrogens is 270 g/mol. The molecule has 0 bridgehead atoms. The van der Waals surface area contributed by atoms with Crippen LogP contribution in [0.15, 0.2) is 35.3 Å². The van der Waals surface area contributed by atoms with E-state index in [1.54, 1.807) is 11.3 Å². The van der Waals surface area contributed by atoms with Crippen LogP contribution >= 0.6 is 11.3 Å². The zero-order valence-electron chi connectivity index (χ0n) is 11.3. The SMILES string of the molecule is Cc1sc2c(c1C)C(c1ccccc1)=NC(N)C(=O)N2. The van der Waals surface area contributed by atoms with Crippen LogP contribution in [0.25, 0.3) is 0 Å². The fourth-order valence-electron chi connectivity index (χ4n) is 2.26. The first kappa shape index (κ1) is 13.0. The molecule has 1 aromatic heterocycles. The van der Waals surface area contributed by atoms with Gasteiger partial charge in [0.2, 0.25) is 0 Å². The highest BCUT2D eigenvalue weighted by atomic mass is 32.1. The Morgan fingerprint density at radius 1 is 1.25 bits per heavy atom. The number of aryl methyl sites for hydroxylation is 1. The van der Waals surface area contributed by atoms with E-state index in [9.17, 15) is 4.79 Å². The van der Waals surface area contributed by atoms with E-state index in [0.717, 1.165) is 27.4 Å². The molecule has 1 atom stereocenters. The van der Waals surface area contributed by atoms with Crippen LogP contribution in [-0.2, 0) is 4.79 Å². The Balaban J connectivity index is 2.26. The molecule has 2 aromatic rings. The number of rotatable bonds is 1. The van der Waals surface area contributed by atoms with Crippen molar-refractivity contribution in [2.75, 3.05) is 5.32 Å². The topological polar surface area (TPSA) is 67.5 Å². The molecule has 3 rings (SSSR count). The van der Waals surface area contributed by atoms with E-state index >= 15 is 0 Å². The first-order valence-corrected chi connectivity index (χ1v) is 7.19. The normalized spacial score (nSPS) is 18.1. The molecule has 0 spiro atoms. The molecule has 0 saturated heterocycles. The minimum absolute atomic E-state index is 0.265. The Labute approximate surface area is 121 Å². The second-order valence-electron chi connectivity index (χ2n) is 4.77. The van der Waals surface area contributed by atoms with Gasteiger partial charge in [0.25, 0.3) is 5.91 Å². The lowest BCUT2D eigenvalue weighted by atomic mass is 10.00. The molecule has 0 radical (unpaired) electrons. The average molecular weight is 285 g/mol. The van der Waals surface area contributed by atoms with Gasteiger partial charge in [-0.05, 0) is 19.4 Å². The van der Waals surface area contributed by atoms with Crippen molar-refractivity contribution in [2.45, 2.75) is 20.0 Å². The number of fused-ring (bicyclic) bond motifs is 1. The lowest BCUT2D eigenvalue weighted by Crippen LogP contribution is -2.33. The van der Waals surface area contributed by atoms with Gasteiger partial charge in [-0.15, -0.1) is 11.3 Å². The molecule has 2 heterocycles. The monoisotopic (exact) mass is 285 g/mol. The number of hydrogen-bond acceptors (Lipinski definition) is 4. The predicted octanol–water partition coefficient (Wildman–Crippen LogP) is 2.44. The Morgan fingerprint density at radius 3 is 2.65 bits per heavy atom. The van der Waals surface area contributed by atoms with Gasteiger partial charge in [0.1, 0.15) is 5.00 Å². The van der Waals surface area contributed by atoms with Gasteiger partial charge in [0.15, 0.2) is 6.17 Å². The quantitative estimate of drug-likeness (QED) is 0.845. The summed E-state index contributed by atoms with van der Waals surface area (Å²) in [5, 5.41) is 3.71. The van der Waals surface area contributed by atoms with Gasteiger partial charge in [0.05, 0.1) is 5.71 Å². The number of benzene rings is 1. The van der Waals surface area contributed by atoms with E-state index in [1.165, 1.54) is 4.88 Å². The minimum Gasteiger partial charge on any atom is -0.314 e. The van der Waals surface area contributed by atoms with Crippen molar-refractivity contribution in [2.24, 2.45) is 10.7 Å². The Morgan fingerprint density at radius 2 is 1.95 bits per heavy atom. The van der Waals surface area contributed by atoms with Crippen molar-refractivity contribution >= 4 is 28.0 Å². The summed E-state index contributed by atoms with van der Waals surface area (Å²) in [5.41, 5.74) is 9.72. The zero-order chi connectivity index (χ0) is 14.3. The van der Waals surface area contributed by atoms with Crippen LogP contribution in [0.3, 0.4) is 0 Å². The molecule has 20 heavy (non-hydrogen) atoms. The van der Waals surface area contributed by atoms with E-state index in [-0.39, 0.29) is 5.91 Å². The standard InChI is InChI=1S/C15H15N3OS/c1-8-9(2)20-15-11(8)12(10-6-4-3-5-7-10)17-13(16)14(19)18-15/h3-7,13H,16H2,1-2H3,(H,18,19). The van der Waals surface area contributed by atoms with Gasteiger partial charge in [-0.25, -0.2) is 0 Å². The molecule has 3 N–H and O–H groups in total. The molecule has 0 aliphatic carbocycles. The smallest absolute Gasteiger partial charge is 0.264 e. The van der Waals surface area contributed by atoms with Crippen molar-refractivity contribution in [1.29, 1.82) is 0 Å². The first-order valence-electron chi connectivity index (χ1n) is 6.38. The van der Waals surface area contributed by atoms with E-state index < -0.39 is 6.17 Å². The second-order valence-corrected chi connectivity index (χ2v) is 5.99. The number of nitrogens with zero attached hydrogens (tertiary/aromatic N) is 1. The maximum atomic E-state index is 11.9. The van der Waals surface area contributed by atoms with Crippen LogP contribution in [-0.4, -0.2) is 17.8 Å². The first-order chi connectivity index (χ1) is 9.58. The van der Waals surface area contributed by atoms with Crippen molar-refractivity contribution in [3.63, 3.8) is 0 Å². The van der Waals surface area contributed by atoms with E-state index in [2.05, 4.69) is 10.3 Å². The number of nitrogens with two attached hydrogens (primary N) is 1. The highest BCUT2D eigenvalue weighted by Crippen LogP contribution is 2.35. The molecule has 1 aliphatic rings. The number of nitrogens with one attached hydrogen (secondary N) is 1. The van der Waals surface area contributed by atoms with Gasteiger partial charge < -0.3 is 11.1 Å². The summed E-state index contributed by atoms with van der Waals surface area (Å²) in [6, 6.07) is 9.83. The van der Waals surface area contributed by atoms with Crippen molar-refractivity contribution in [3.05, 3.63) is 51.9 Å². The average Bonchev–Trinajstić information content (AvgIpc) is 2.64. The summed E-state index contributed by atoms with van der Waals surface area (Å²) < 4.78 is 0. The molecule has 1 aliphatic heterocycles. The maximum Gasteiger partial charge on any atom is 0.264 e. The Hall–Kier alpha value is -1.98. The molecule has 0 saturated carbocycles. The lowest BCUT2D eigenvalue weighted by Gasteiger charge is -2.07. The maximum absolute atomic E-state index is 11.9. The van der Waals surface area contributed by atoms with Gasteiger partial charge in [-0.2, -0.15) is 0 Å². The third-order valence-corrected chi connectivity index (χ3v) is 4.57. The number of thiophene rings is 1. The number of carbonyl (C=O) groups is 1. The fourth-order valence-corrected chi connectivity index (χ4v) is 3.33. The third-order valence-electron chi connectivity index (χ3n) is 3.44. The fraction of sp³-hybridized carbons (Fsp3) is 0.200. The summed E-state index contributed by atoms with van der Waals surface area (Å²) in [6.45, 7) is 4.09. The summed E-state index contributed by atoms with van der Waals surface area (Å²) in [5.74, 6) is -0.265. The predicted molar refractivity (Wildman–Crippen MR) is 82.5 cm³/mol. The number of anilines is 1. The van der Waals surface area contributed by atoms with Crippen LogP contribution in [0.2, 0.25) is 0 Å². The highest BCUT2D eigenvalue weighted by molar-refractivity contribution is 7.17. The lowest BCUT2D eigenvalue weighted by molar-refractivity contribution is -0.117. The molecule has 1 amide bonds. The summed E-state index contributed by atoms with van der Waals surface area (Å²) >= 11 is 1.57. The largest absolute Gasteiger partial charge is 0.314 e. The van der Waals surface area contributed by atoms with E-state index in [0.29, 0.717) is 0 Å². The van der Waals surface area contributed by atoms with Crippen LogP contribution < -0.4 is 11.1 Å². The van der Waals surface area contributed by atoms with E-state index in [1.807, 2.05) is 44.2 Å². The highest BCUT2D eigenvalue weighted by Gasteiger charge is 2.26. The third kappa shape index (κ3) is 2.05. The van der Waals surface area contributed by atoms with Crippen LogP contribution in [0.4, 0.5) is 5.00 Å². The molecule has 5 heteroatoms. The molecule has 1 aromatic carbocycles. The minimum atomic E-state index is -0.871. The molecule has 1 unspecified atom stereocenters. The van der Waals surface area contributed by atoms with Crippen LogP contribution in [0.5, 0.6) is 0 Å². The van der Waals surface area contributed by atoms with Crippen molar-refractivity contribution < 1.29 is 4.79 Å². The molecule has 4 nitrogen and oxygen atoms in total. The van der Waals surface area contributed by atoms with Crippen LogP contribution in [0, 0.1) is 13.8 Å². The molecule has 0 fully saturated rings. The van der Waals surface area contributed by atoms with Gasteiger partial charge >= 0.3 is 0 Å². The van der Waals surface area contributed by atoms with E-state index in [4.69, 9.17) is 5.73 Å². The Bertz CT molecular complexity index is 703. The summed E-state index contributed by atoms with van der Waals surface area (Å²) in [7, 11) is 0. The van der Waals surface area contributed by atoms with Gasteiger partial charge in [-0.3, -0.25) is 9.79 Å². The summed E-state index contributed by atoms with van der Waals surface area (Å²) in [4.78, 5) is 17.5. The second kappa shape index (κ2) is 4.85. The zero-order valence-corrected chi connectivity index (χ0v) is 12.1. The van der Waals surface area contributed by atoms with Gasteiger partial charge in [0, 0.05) is 16.0 Å². The summed E-state index contributed by atoms with van der Waals surface area (Å²) in [6.07, 6.45) is -0.871.